The third kappa shape index (κ3) is 2.55. The Hall–Kier alpha value is -0.480. The van der Waals surface area contributed by atoms with Gasteiger partial charge in [0.2, 0.25) is 0 Å². The second-order valence-corrected chi connectivity index (χ2v) is 5.17. The smallest absolute Gasteiger partial charge is 0.0919 e. The third-order valence-electron chi connectivity index (χ3n) is 3.16. The van der Waals surface area contributed by atoms with Crippen molar-refractivity contribution in [2.24, 2.45) is 5.92 Å². The molecule has 0 aliphatic heterocycles. The van der Waals surface area contributed by atoms with E-state index >= 15 is 0 Å². The summed E-state index contributed by atoms with van der Waals surface area (Å²) in [4.78, 5) is 1.00. The van der Waals surface area contributed by atoms with Crippen LogP contribution in [0.15, 0.2) is 0 Å². The number of hydrogen-bond donors (Lipinski definition) is 1. The van der Waals surface area contributed by atoms with Gasteiger partial charge in [0.25, 0.3) is 0 Å². The van der Waals surface area contributed by atoms with Gasteiger partial charge >= 0.3 is 0 Å². The molecule has 1 atom stereocenters. The van der Waals surface area contributed by atoms with Crippen molar-refractivity contribution in [2.75, 3.05) is 0 Å². The Morgan fingerprint density at radius 1 is 1.53 bits per heavy atom. The number of aliphatic hydroxyl groups excluding tert-OH is 1. The molecule has 1 aromatic rings. The highest BCUT2D eigenvalue weighted by molar-refractivity contribution is 7.05. The van der Waals surface area contributed by atoms with E-state index in [1.165, 1.54) is 30.8 Å². The molecular weight excluding hydrogens is 208 g/mol. The normalized spacial score (nSPS) is 18.8. The molecule has 1 aromatic heterocycles. The Morgan fingerprint density at radius 2 is 2.33 bits per heavy atom. The van der Waals surface area contributed by atoms with Gasteiger partial charge in [-0.2, -0.15) is 0 Å². The van der Waals surface area contributed by atoms with Crippen LogP contribution in [0.2, 0.25) is 0 Å². The molecule has 4 heteroatoms. The molecule has 0 amide bonds. The van der Waals surface area contributed by atoms with Crippen molar-refractivity contribution < 1.29 is 5.11 Å². The Balaban J connectivity index is 1.96. The average molecular weight is 226 g/mol. The van der Waals surface area contributed by atoms with Crippen molar-refractivity contribution in [1.29, 1.82) is 0 Å². The summed E-state index contributed by atoms with van der Waals surface area (Å²) >= 11 is 1.36. The molecule has 1 unspecified atom stereocenters. The van der Waals surface area contributed by atoms with Gasteiger partial charge in [-0.25, -0.2) is 0 Å². The predicted octanol–water partition coefficient (Wildman–Crippen LogP) is 2.71. The molecule has 1 aliphatic rings. The molecule has 84 valence electrons. The van der Waals surface area contributed by atoms with Crippen molar-refractivity contribution >= 4 is 11.5 Å². The fourth-order valence-corrected chi connectivity index (χ4v) is 2.72. The van der Waals surface area contributed by atoms with E-state index in [4.69, 9.17) is 0 Å². The van der Waals surface area contributed by atoms with Crippen LogP contribution in [0.4, 0.5) is 0 Å². The Kier molecular flexibility index (Phi) is 3.70. The summed E-state index contributed by atoms with van der Waals surface area (Å²) < 4.78 is 3.94. The second-order valence-electron chi connectivity index (χ2n) is 4.38. The van der Waals surface area contributed by atoms with Crippen molar-refractivity contribution in [3.63, 3.8) is 0 Å². The van der Waals surface area contributed by atoms with Crippen molar-refractivity contribution in [1.82, 2.24) is 9.59 Å². The topological polar surface area (TPSA) is 46.0 Å². The van der Waals surface area contributed by atoms with E-state index in [1.807, 2.05) is 0 Å². The molecule has 0 bridgehead atoms. The first-order valence-corrected chi connectivity index (χ1v) is 6.57. The summed E-state index contributed by atoms with van der Waals surface area (Å²) in [5.74, 6) is 0.733. The Morgan fingerprint density at radius 3 is 2.93 bits per heavy atom. The summed E-state index contributed by atoms with van der Waals surface area (Å²) in [5, 5.41) is 14.2. The van der Waals surface area contributed by atoms with Crippen LogP contribution in [0.5, 0.6) is 0 Å². The summed E-state index contributed by atoms with van der Waals surface area (Å²) in [6, 6.07) is 0. The average Bonchev–Trinajstić information content (AvgIpc) is 2.60. The van der Waals surface area contributed by atoms with Crippen LogP contribution >= 0.6 is 11.5 Å². The van der Waals surface area contributed by atoms with Gasteiger partial charge in [-0.05, 0) is 30.3 Å². The third-order valence-corrected chi connectivity index (χ3v) is 4.02. The number of nitrogens with zero attached hydrogens (tertiary/aromatic N) is 2. The summed E-state index contributed by atoms with van der Waals surface area (Å²) in [5.41, 5.74) is 1.01. The first-order chi connectivity index (χ1) is 7.31. The summed E-state index contributed by atoms with van der Waals surface area (Å²) in [6.45, 7) is 2.13. The van der Waals surface area contributed by atoms with Crippen molar-refractivity contribution in [3.05, 3.63) is 10.6 Å². The number of hydrogen-bond acceptors (Lipinski definition) is 4. The minimum absolute atomic E-state index is 0.322. The molecular formula is C11H18N2OS. The first kappa shape index (κ1) is 11.0. The minimum Gasteiger partial charge on any atom is -0.387 e. The van der Waals surface area contributed by atoms with E-state index in [-0.39, 0.29) is 6.10 Å². The Bertz CT molecular complexity index is 309. The van der Waals surface area contributed by atoms with E-state index < -0.39 is 0 Å². The van der Waals surface area contributed by atoms with Gasteiger partial charge in [-0.3, -0.25) is 0 Å². The maximum Gasteiger partial charge on any atom is 0.0919 e. The monoisotopic (exact) mass is 226 g/mol. The molecule has 1 heterocycles. The summed E-state index contributed by atoms with van der Waals surface area (Å²) in [7, 11) is 0. The van der Waals surface area contributed by atoms with E-state index in [9.17, 15) is 5.11 Å². The van der Waals surface area contributed by atoms with Crippen LogP contribution in [-0.4, -0.2) is 14.7 Å². The van der Waals surface area contributed by atoms with E-state index in [0.717, 1.165) is 35.8 Å². The molecule has 1 aliphatic carbocycles. The van der Waals surface area contributed by atoms with Gasteiger partial charge in [0.15, 0.2) is 0 Å². The number of aliphatic hydroxyl groups is 1. The van der Waals surface area contributed by atoms with E-state index in [0.29, 0.717) is 0 Å². The highest BCUT2D eigenvalue weighted by Crippen LogP contribution is 2.36. The predicted molar refractivity (Wildman–Crippen MR) is 60.8 cm³/mol. The van der Waals surface area contributed by atoms with Crippen molar-refractivity contribution in [3.8, 4) is 0 Å². The van der Waals surface area contributed by atoms with Gasteiger partial charge in [0, 0.05) is 0 Å². The van der Waals surface area contributed by atoms with E-state index in [2.05, 4.69) is 16.5 Å². The lowest BCUT2D eigenvalue weighted by molar-refractivity contribution is 0.120. The molecule has 3 nitrogen and oxygen atoms in total. The standard InChI is InChI=1S/C11H18N2OS/c1-2-4-9-11(15-13-12-9)10(14)7-8-5-3-6-8/h8,10,14H,2-7H2,1H3. The van der Waals surface area contributed by atoms with Gasteiger partial charge < -0.3 is 5.11 Å². The molecule has 0 aromatic carbocycles. The first-order valence-electron chi connectivity index (χ1n) is 5.80. The van der Waals surface area contributed by atoms with Crippen LogP contribution in [0.25, 0.3) is 0 Å². The molecule has 1 fully saturated rings. The van der Waals surface area contributed by atoms with Crippen LogP contribution in [-0.2, 0) is 6.42 Å². The van der Waals surface area contributed by atoms with Gasteiger partial charge in [-0.1, -0.05) is 37.1 Å². The minimum atomic E-state index is -0.322. The van der Waals surface area contributed by atoms with Crippen LogP contribution in [0.1, 0.15) is 55.7 Å². The SMILES string of the molecule is CCCc1nnsc1C(O)CC1CCC1. The molecule has 15 heavy (non-hydrogen) atoms. The second kappa shape index (κ2) is 5.03. The molecule has 0 radical (unpaired) electrons. The lowest BCUT2D eigenvalue weighted by atomic mass is 9.81. The van der Waals surface area contributed by atoms with E-state index in [1.54, 1.807) is 0 Å². The zero-order valence-corrected chi connectivity index (χ0v) is 9.96. The van der Waals surface area contributed by atoms with Gasteiger partial charge in [-0.15, -0.1) is 5.10 Å². The van der Waals surface area contributed by atoms with Gasteiger partial charge in [0.05, 0.1) is 16.7 Å². The molecule has 1 N–H and O–H groups in total. The fourth-order valence-electron chi connectivity index (χ4n) is 2.03. The molecule has 2 rings (SSSR count). The highest BCUT2D eigenvalue weighted by atomic mass is 32.1. The maximum atomic E-state index is 10.1. The van der Waals surface area contributed by atoms with Crippen LogP contribution < -0.4 is 0 Å². The van der Waals surface area contributed by atoms with Crippen LogP contribution in [0.3, 0.4) is 0 Å². The summed E-state index contributed by atoms with van der Waals surface area (Å²) in [6.07, 6.45) is 6.48. The quantitative estimate of drug-likeness (QED) is 0.839. The fraction of sp³-hybridized carbons (Fsp3) is 0.818. The molecule has 0 saturated heterocycles. The molecule has 1 saturated carbocycles. The molecule has 0 spiro atoms. The van der Waals surface area contributed by atoms with Gasteiger partial charge in [0.1, 0.15) is 0 Å². The maximum absolute atomic E-state index is 10.1. The lowest BCUT2D eigenvalue weighted by Crippen LogP contribution is -2.15. The number of aromatic nitrogens is 2. The number of aryl methyl sites for hydroxylation is 1. The zero-order valence-electron chi connectivity index (χ0n) is 9.15. The van der Waals surface area contributed by atoms with Crippen molar-refractivity contribution in [2.45, 2.75) is 51.6 Å². The van der Waals surface area contributed by atoms with Crippen LogP contribution in [0, 0.1) is 5.92 Å². The highest BCUT2D eigenvalue weighted by Gasteiger charge is 2.24. The Labute approximate surface area is 94.7 Å². The lowest BCUT2D eigenvalue weighted by Gasteiger charge is -2.27. The zero-order chi connectivity index (χ0) is 10.7. The largest absolute Gasteiger partial charge is 0.387 e. The number of rotatable bonds is 5.